The Morgan fingerprint density at radius 1 is 1.04 bits per heavy atom. The Bertz CT molecular complexity index is 967. The largest absolute Gasteiger partial charge is 0.435 e. The Morgan fingerprint density at radius 2 is 1.74 bits per heavy atom. The van der Waals surface area contributed by atoms with Crippen LogP contribution >= 0.6 is 0 Å². The van der Waals surface area contributed by atoms with Crippen molar-refractivity contribution in [2.24, 2.45) is 0 Å². The summed E-state index contributed by atoms with van der Waals surface area (Å²) in [6.07, 6.45) is 0.875. The second-order valence-electron chi connectivity index (χ2n) is 6.61. The first-order chi connectivity index (χ1) is 12.9. The number of hydrogen-bond acceptors (Lipinski definition) is 3. The van der Waals surface area contributed by atoms with Crippen LogP contribution in [0.4, 0.5) is 8.78 Å². The molecule has 0 fully saturated rings. The van der Waals surface area contributed by atoms with Crippen LogP contribution in [0, 0.1) is 0 Å². The average molecular weight is 374 g/mol. The second kappa shape index (κ2) is 8.31. The Balaban J connectivity index is 1.75. The maximum Gasteiger partial charge on any atom is 0.387 e. The number of ether oxygens (including phenoxy) is 1. The molecule has 3 aromatic rings. The van der Waals surface area contributed by atoms with Crippen molar-refractivity contribution in [3.8, 4) is 5.75 Å². The normalized spacial score (nSPS) is 12.5. The van der Waals surface area contributed by atoms with Gasteiger partial charge in [-0.1, -0.05) is 19.1 Å². The van der Waals surface area contributed by atoms with Gasteiger partial charge in [0, 0.05) is 22.6 Å². The predicted molar refractivity (Wildman–Crippen MR) is 99.2 cm³/mol. The second-order valence-corrected chi connectivity index (χ2v) is 6.61. The number of hydrogen-bond donors (Lipinski definition) is 1. The van der Waals surface area contributed by atoms with E-state index in [1.807, 2.05) is 25.2 Å². The molecule has 1 N–H and O–H groups in total. The lowest BCUT2D eigenvalue weighted by atomic mass is 10.1. The molecule has 0 saturated heterocycles. The Kier molecular flexibility index (Phi) is 5.86. The number of quaternary nitrogens is 1. The SMILES string of the molecule is CCc1ccc2c(C[NH+](C)Cc3ccc(OC(F)F)cc3)cc(=O)oc2c1. The number of nitrogens with one attached hydrogen (secondary N) is 1. The molecule has 0 amide bonds. The number of halogens is 2. The van der Waals surface area contributed by atoms with Gasteiger partial charge in [-0.2, -0.15) is 8.78 Å². The van der Waals surface area contributed by atoms with Crippen LogP contribution in [0.5, 0.6) is 5.75 Å². The lowest BCUT2D eigenvalue weighted by Gasteiger charge is -2.15. The van der Waals surface area contributed by atoms with Crippen molar-refractivity contribution in [3.05, 3.63) is 75.6 Å². The third-order valence-electron chi connectivity index (χ3n) is 4.45. The summed E-state index contributed by atoms with van der Waals surface area (Å²) in [5, 5.41) is 0.937. The summed E-state index contributed by atoms with van der Waals surface area (Å²) in [5.74, 6) is 0.143. The van der Waals surface area contributed by atoms with Crippen LogP contribution in [0.1, 0.15) is 23.6 Å². The number of alkyl halides is 2. The van der Waals surface area contributed by atoms with Crippen molar-refractivity contribution in [2.45, 2.75) is 33.0 Å². The first-order valence-corrected chi connectivity index (χ1v) is 8.85. The Hall–Kier alpha value is -2.73. The van der Waals surface area contributed by atoms with E-state index >= 15 is 0 Å². The molecule has 1 atom stereocenters. The van der Waals surface area contributed by atoms with Crippen LogP contribution in [0.15, 0.2) is 57.7 Å². The minimum Gasteiger partial charge on any atom is -0.435 e. The molecular formula is C21H22F2NO3+. The molecule has 0 aliphatic heterocycles. The Labute approximate surface area is 156 Å². The molecule has 0 saturated carbocycles. The molecule has 3 rings (SSSR count). The van der Waals surface area contributed by atoms with Gasteiger partial charge in [-0.05, 0) is 42.3 Å². The molecule has 0 bridgehead atoms. The lowest BCUT2D eigenvalue weighted by Crippen LogP contribution is -3.06. The van der Waals surface area contributed by atoms with Gasteiger partial charge in [0.1, 0.15) is 24.4 Å². The maximum atomic E-state index is 12.2. The van der Waals surface area contributed by atoms with E-state index in [2.05, 4.69) is 11.7 Å². The van der Waals surface area contributed by atoms with Crippen molar-refractivity contribution in [1.29, 1.82) is 0 Å². The molecule has 6 heteroatoms. The van der Waals surface area contributed by atoms with Gasteiger partial charge < -0.3 is 14.1 Å². The summed E-state index contributed by atoms with van der Waals surface area (Å²) < 4.78 is 34.2. The topological polar surface area (TPSA) is 43.9 Å². The highest BCUT2D eigenvalue weighted by Crippen LogP contribution is 2.19. The zero-order valence-electron chi connectivity index (χ0n) is 15.3. The van der Waals surface area contributed by atoms with Crippen LogP contribution in [0.25, 0.3) is 11.0 Å². The van der Waals surface area contributed by atoms with E-state index in [9.17, 15) is 13.6 Å². The zero-order valence-corrected chi connectivity index (χ0v) is 15.3. The van der Waals surface area contributed by atoms with Gasteiger partial charge in [0.15, 0.2) is 0 Å². The predicted octanol–water partition coefficient (Wildman–Crippen LogP) is 3.17. The van der Waals surface area contributed by atoms with Gasteiger partial charge in [0.05, 0.1) is 7.05 Å². The highest BCUT2D eigenvalue weighted by atomic mass is 19.3. The number of aryl methyl sites for hydroxylation is 1. The number of fused-ring (bicyclic) bond motifs is 1. The molecule has 142 valence electrons. The summed E-state index contributed by atoms with van der Waals surface area (Å²) >= 11 is 0. The summed E-state index contributed by atoms with van der Waals surface area (Å²) in [6.45, 7) is 0.557. The smallest absolute Gasteiger partial charge is 0.387 e. The third-order valence-corrected chi connectivity index (χ3v) is 4.45. The van der Waals surface area contributed by atoms with E-state index in [0.29, 0.717) is 18.7 Å². The van der Waals surface area contributed by atoms with Crippen LogP contribution < -0.4 is 15.3 Å². The lowest BCUT2D eigenvalue weighted by molar-refractivity contribution is -0.907. The molecule has 1 heterocycles. The molecule has 4 nitrogen and oxygen atoms in total. The van der Waals surface area contributed by atoms with E-state index in [1.165, 1.54) is 18.2 Å². The standard InChI is InChI=1S/C21H21F2NO3/c1-3-14-6-9-18-16(11-20(25)27-19(18)10-14)13-24(2)12-15-4-7-17(8-5-15)26-21(22)23/h4-11,21H,3,12-13H2,1-2H3/p+1. The van der Waals surface area contributed by atoms with Gasteiger partial charge in [-0.15, -0.1) is 0 Å². The summed E-state index contributed by atoms with van der Waals surface area (Å²) in [6, 6.07) is 14.1. The maximum absolute atomic E-state index is 12.2. The van der Waals surface area contributed by atoms with Gasteiger partial charge in [0.25, 0.3) is 0 Å². The molecule has 0 spiro atoms. The fourth-order valence-corrected chi connectivity index (χ4v) is 3.17. The van der Waals surface area contributed by atoms with Gasteiger partial charge in [-0.3, -0.25) is 0 Å². The van der Waals surface area contributed by atoms with E-state index < -0.39 is 6.61 Å². The molecule has 1 aromatic heterocycles. The first kappa shape index (κ1) is 19.0. The first-order valence-electron chi connectivity index (χ1n) is 8.85. The summed E-state index contributed by atoms with van der Waals surface area (Å²) in [7, 11) is 2.02. The summed E-state index contributed by atoms with van der Waals surface area (Å²) in [5.41, 5.74) is 3.30. The van der Waals surface area contributed by atoms with Crippen molar-refractivity contribution in [1.82, 2.24) is 0 Å². The van der Waals surface area contributed by atoms with Crippen molar-refractivity contribution in [2.75, 3.05) is 7.05 Å². The quantitative estimate of drug-likeness (QED) is 0.646. The van der Waals surface area contributed by atoms with Crippen molar-refractivity contribution >= 4 is 11.0 Å². The fraction of sp³-hybridized carbons (Fsp3) is 0.286. The van der Waals surface area contributed by atoms with Crippen LogP contribution in [-0.2, 0) is 19.5 Å². The molecule has 0 aliphatic rings. The minimum atomic E-state index is -2.82. The summed E-state index contributed by atoms with van der Waals surface area (Å²) in [4.78, 5) is 13.1. The van der Waals surface area contributed by atoms with E-state index in [-0.39, 0.29) is 11.4 Å². The van der Waals surface area contributed by atoms with Gasteiger partial charge in [0.2, 0.25) is 0 Å². The van der Waals surface area contributed by atoms with Crippen LogP contribution in [0.3, 0.4) is 0 Å². The average Bonchev–Trinajstić information content (AvgIpc) is 2.62. The number of benzene rings is 2. The number of rotatable bonds is 7. The fourth-order valence-electron chi connectivity index (χ4n) is 3.17. The molecule has 1 unspecified atom stereocenters. The van der Waals surface area contributed by atoms with Crippen LogP contribution in [-0.4, -0.2) is 13.7 Å². The highest BCUT2D eigenvalue weighted by molar-refractivity contribution is 5.80. The van der Waals surface area contributed by atoms with E-state index in [4.69, 9.17) is 4.42 Å². The molecule has 27 heavy (non-hydrogen) atoms. The highest BCUT2D eigenvalue weighted by Gasteiger charge is 2.12. The van der Waals surface area contributed by atoms with Crippen LogP contribution in [0.2, 0.25) is 0 Å². The van der Waals surface area contributed by atoms with Gasteiger partial charge in [-0.25, -0.2) is 4.79 Å². The van der Waals surface area contributed by atoms with E-state index in [1.54, 1.807) is 12.1 Å². The van der Waals surface area contributed by atoms with E-state index in [0.717, 1.165) is 33.4 Å². The minimum absolute atomic E-state index is 0.143. The monoisotopic (exact) mass is 374 g/mol. The molecular weight excluding hydrogens is 352 g/mol. The zero-order chi connectivity index (χ0) is 19.4. The van der Waals surface area contributed by atoms with Crippen molar-refractivity contribution < 1.29 is 22.8 Å². The molecule has 2 aromatic carbocycles. The third kappa shape index (κ3) is 4.92. The molecule has 0 radical (unpaired) electrons. The van der Waals surface area contributed by atoms with Gasteiger partial charge >= 0.3 is 12.2 Å². The van der Waals surface area contributed by atoms with Crippen molar-refractivity contribution in [3.63, 3.8) is 0 Å². The molecule has 0 aliphatic carbocycles. The Morgan fingerprint density at radius 3 is 2.41 bits per heavy atom.